The highest BCUT2D eigenvalue weighted by Gasteiger charge is 2.22. The number of hydrogen-bond acceptors (Lipinski definition) is 4. The van der Waals surface area contributed by atoms with Crippen molar-refractivity contribution in [1.82, 2.24) is 4.90 Å². The van der Waals surface area contributed by atoms with Crippen LogP contribution in [0.1, 0.15) is 10.4 Å². The zero-order valence-corrected chi connectivity index (χ0v) is 12.3. The van der Waals surface area contributed by atoms with Crippen molar-refractivity contribution in [3.63, 3.8) is 0 Å². The first kappa shape index (κ1) is 16.0. The van der Waals surface area contributed by atoms with Crippen molar-refractivity contribution in [1.29, 1.82) is 0 Å². The maximum absolute atomic E-state index is 12.3. The number of nitrogens with two attached hydrogens (primary N) is 2. The van der Waals surface area contributed by atoms with Gasteiger partial charge in [0, 0.05) is 4.47 Å². The average Bonchev–Trinajstić information content (AvgIpc) is 2.36. The standard InChI is InChI=1S/C12H14BrN3O4/c1-20-7-2-3-9(13)8(4-7)12(19)16(5-10(14)17)6-11(15)18/h2-4H,5-6H2,1H3,(H2,14,17)(H2,15,18). The number of carbonyl (C=O) groups excluding carboxylic acids is 3. The van der Waals surface area contributed by atoms with Gasteiger partial charge in [0.25, 0.3) is 5.91 Å². The SMILES string of the molecule is COc1ccc(Br)c(C(=O)N(CC(N)=O)CC(N)=O)c1. The van der Waals surface area contributed by atoms with Crippen LogP contribution < -0.4 is 16.2 Å². The minimum absolute atomic E-state index is 0.242. The number of halogens is 1. The molecule has 3 amide bonds. The topological polar surface area (TPSA) is 116 Å². The molecule has 0 aromatic heterocycles. The fourth-order valence-electron chi connectivity index (χ4n) is 1.54. The lowest BCUT2D eigenvalue weighted by Gasteiger charge is -2.20. The van der Waals surface area contributed by atoms with E-state index in [4.69, 9.17) is 16.2 Å². The van der Waals surface area contributed by atoms with Crippen LogP contribution in [0.2, 0.25) is 0 Å². The number of ether oxygens (including phenoxy) is 1. The number of rotatable bonds is 6. The molecule has 0 radical (unpaired) electrons. The van der Waals surface area contributed by atoms with E-state index in [1.165, 1.54) is 13.2 Å². The van der Waals surface area contributed by atoms with Crippen LogP contribution in [0, 0.1) is 0 Å². The first-order valence-corrected chi connectivity index (χ1v) is 6.34. The summed E-state index contributed by atoms with van der Waals surface area (Å²) in [6, 6.07) is 4.77. The van der Waals surface area contributed by atoms with E-state index in [2.05, 4.69) is 15.9 Å². The third kappa shape index (κ3) is 4.23. The Labute approximate surface area is 124 Å². The summed E-state index contributed by atoms with van der Waals surface area (Å²) in [6.45, 7) is -0.795. The van der Waals surface area contributed by atoms with Crippen LogP contribution in [-0.4, -0.2) is 42.8 Å². The molecule has 0 bridgehead atoms. The smallest absolute Gasteiger partial charge is 0.256 e. The van der Waals surface area contributed by atoms with Gasteiger partial charge in [-0.05, 0) is 34.1 Å². The Bertz CT molecular complexity index is 532. The Morgan fingerprint density at radius 2 is 1.75 bits per heavy atom. The molecule has 0 aliphatic heterocycles. The molecular weight excluding hydrogens is 330 g/mol. The van der Waals surface area contributed by atoms with Crippen molar-refractivity contribution in [3.05, 3.63) is 28.2 Å². The maximum atomic E-state index is 12.3. The van der Waals surface area contributed by atoms with Gasteiger partial charge in [-0.15, -0.1) is 0 Å². The molecule has 0 aliphatic carbocycles. The second-order valence-electron chi connectivity index (χ2n) is 3.94. The lowest BCUT2D eigenvalue weighted by molar-refractivity contribution is -0.121. The summed E-state index contributed by atoms with van der Waals surface area (Å²) < 4.78 is 5.53. The average molecular weight is 344 g/mol. The predicted octanol–water partition coefficient (Wildman–Crippen LogP) is -0.130. The minimum Gasteiger partial charge on any atom is -0.497 e. The van der Waals surface area contributed by atoms with E-state index in [0.29, 0.717) is 10.2 Å². The number of hydrogen-bond donors (Lipinski definition) is 2. The van der Waals surface area contributed by atoms with Gasteiger partial charge >= 0.3 is 0 Å². The normalized spacial score (nSPS) is 9.90. The zero-order chi connectivity index (χ0) is 15.3. The molecule has 108 valence electrons. The highest BCUT2D eigenvalue weighted by molar-refractivity contribution is 9.10. The van der Waals surface area contributed by atoms with Gasteiger partial charge in [0.2, 0.25) is 11.8 Å². The minimum atomic E-state index is -0.737. The van der Waals surface area contributed by atoms with Crippen LogP contribution in [0.5, 0.6) is 5.75 Å². The van der Waals surface area contributed by atoms with E-state index in [0.717, 1.165) is 4.90 Å². The first-order valence-electron chi connectivity index (χ1n) is 5.54. The van der Waals surface area contributed by atoms with Crippen molar-refractivity contribution < 1.29 is 19.1 Å². The Hall–Kier alpha value is -2.09. The third-order valence-electron chi connectivity index (χ3n) is 2.38. The van der Waals surface area contributed by atoms with E-state index in [-0.39, 0.29) is 5.56 Å². The summed E-state index contributed by atoms with van der Waals surface area (Å²) >= 11 is 3.23. The molecule has 7 nitrogen and oxygen atoms in total. The van der Waals surface area contributed by atoms with Crippen molar-refractivity contribution in [2.75, 3.05) is 20.2 Å². The fourth-order valence-corrected chi connectivity index (χ4v) is 1.96. The molecule has 0 aliphatic rings. The van der Waals surface area contributed by atoms with E-state index in [1.807, 2.05) is 0 Å². The molecule has 0 saturated heterocycles. The summed E-state index contributed by atoms with van der Waals surface area (Å²) in [5.41, 5.74) is 10.4. The molecule has 0 fully saturated rings. The van der Waals surface area contributed by atoms with Crippen molar-refractivity contribution in [3.8, 4) is 5.75 Å². The molecule has 4 N–H and O–H groups in total. The summed E-state index contributed by atoms with van der Waals surface area (Å²) in [5, 5.41) is 0. The molecule has 0 saturated carbocycles. The summed E-state index contributed by atoms with van der Waals surface area (Å²) in [4.78, 5) is 35.3. The van der Waals surface area contributed by atoms with Gasteiger partial charge in [0.15, 0.2) is 0 Å². The number of methoxy groups -OCH3 is 1. The second kappa shape index (κ2) is 6.90. The number of benzene rings is 1. The van der Waals surface area contributed by atoms with E-state index in [9.17, 15) is 14.4 Å². The Balaban J connectivity index is 3.10. The van der Waals surface area contributed by atoms with Crippen LogP contribution in [-0.2, 0) is 9.59 Å². The maximum Gasteiger partial charge on any atom is 0.256 e. The van der Waals surface area contributed by atoms with Crippen LogP contribution in [0.4, 0.5) is 0 Å². The van der Waals surface area contributed by atoms with Gasteiger partial charge in [-0.3, -0.25) is 14.4 Å². The number of amides is 3. The number of carbonyl (C=O) groups is 3. The number of nitrogens with zero attached hydrogens (tertiary/aromatic N) is 1. The van der Waals surface area contributed by atoms with E-state index >= 15 is 0 Å². The third-order valence-corrected chi connectivity index (χ3v) is 3.08. The van der Waals surface area contributed by atoms with Gasteiger partial charge in [-0.2, -0.15) is 0 Å². The predicted molar refractivity (Wildman–Crippen MR) is 75.0 cm³/mol. The first-order chi connectivity index (χ1) is 9.35. The molecule has 20 heavy (non-hydrogen) atoms. The summed E-state index contributed by atoms with van der Waals surface area (Å²) in [5.74, 6) is -1.56. The van der Waals surface area contributed by atoms with Crippen molar-refractivity contribution in [2.45, 2.75) is 0 Å². The molecule has 0 atom stereocenters. The van der Waals surface area contributed by atoms with Gasteiger partial charge in [-0.1, -0.05) is 0 Å². The summed E-state index contributed by atoms with van der Waals surface area (Å²) in [7, 11) is 1.46. The van der Waals surface area contributed by atoms with E-state index in [1.54, 1.807) is 12.1 Å². The highest BCUT2D eigenvalue weighted by Crippen LogP contribution is 2.23. The van der Waals surface area contributed by atoms with Crippen molar-refractivity contribution in [2.24, 2.45) is 11.5 Å². The van der Waals surface area contributed by atoms with Gasteiger partial charge in [0.05, 0.1) is 12.7 Å². The van der Waals surface area contributed by atoms with Crippen LogP contribution in [0.15, 0.2) is 22.7 Å². The monoisotopic (exact) mass is 343 g/mol. The Morgan fingerprint density at radius 1 is 1.20 bits per heavy atom. The molecule has 1 aromatic carbocycles. The molecule has 0 heterocycles. The second-order valence-corrected chi connectivity index (χ2v) is 4.79. The van der Waals surface area contributed by atoms with E-state index < -0.39 is 30.8 Å². The molecule has 8 heteroatoms. The fraction of sp³-hybridized carbons (Fsp3) is 0.250. The largest absolute Gasteiger partial charge is 0.497 e. The van der Waals surface area contributed by atoms with Gasteiger partial charge in [-0.25, -0.2) is 0 Å². The van der Waals surface area contributed by atoms with Crippen LogP contribution >= 0.6 is 15.9 Å². The molecule has 1 rings (SSSR count). The van der Waals surface area contributed by atoms with Gasteiger partial charge < -0.3 is 21.1 Å². The molecule has 0 unspecified atom stereocenters. The molecule has 1 aromatic rings. The Morgan fingerprint density at radius 3 is 2.20 bits per heavy atom. The number of primary amides is 2. The summed E-state index contributed by atoms with van der Waals surface area (Å²) in [6.07, 6.45) is 0. The zero-order valence-electron chi connectivity index (χ0n) is 10.8. The quantitative estimate of drug-likeness (QED) is 0.748. The van der Waals surface area contributed by atoms with Crippen LogP contribution in [0.25, 0.3) is 0 Å². The Kier molecular flexibility index (Phi) is 5.51. The highest BCUT2D eigenvalue weighted by atomic mass is 79.9. The lowest BCUT2D eigenvalue weighted by atomic mass is 10.2. The molecular formula is C12H14BrN3O4. The molecule has 0 spiro atoms. The lowest BCUT2D eigenvalue weighted by Crippen LogP contribution is -2.43. The van der Waals surface area contributed by atoms with Crippen LogP contribution in [0.3, 0.4) is 0 Å². The van der Waals surface area contributed by atoms with Gasteiger partial charge in [0.1, 0.15) is 18.8 Å². The van der Waals surface area contributed by atoms with Crippen molar-refractivity contribution >= 4 is 33.7 Å².